The van der Waals surface area contributed by atoms with Crippen molar-refractivity contribution in [2.75, 3.05) is 5.32 Å². The number of nitrogens with one attached hydrogen (secondary N) is 1. The zero-order valence-electron chi connectivity index (χ0n) is 11.3. The van der Waals surface area contributed by atoms with Gasteiger partial charge in [0.2, 0.25) is 0 Å². The molecule has 0 bridgehead atoms. The maximum atomic E-state index is 13.1. The molecular weight excluding hydrogens is 406 g/mol. The van der Waals surface area contributed by atoms with Gasteiger partial charge in [0, 0.05) is 8.45 Å². The molecule has 0 aliphatic carbocycles. The number of thiophene rings is 1. The molecule has 0 radical (unpaired) electrons. The summed E-state index contributed by atoms with van der Waals surface area (Å²) in [6.45, 7) is 3.63. The zero-order valence-corrected chi connectivity index (χ0v) is 14.3. The molecule has 3 N–H and O–H groups in total. The van der Waals surface area contributed by atoms with Crippen LogP contribution in [0.1, 0.15) is 31.2 Å². The number of hydrogen-bond donors (Lipinski definition) is 2. The van der Waals surface area contributed by atoms with E-state index in [1.54, 1.807) is 6.92 Å². The Morgan fingerprint density at radius 2 is 2.00 bits per heavy atom. The monoisotopic (exact) mass is 418 g/mol. The second kappa shape index (κ2) is 6.10. The second-order valence-corrected chi connectivity index (χ2v) is 6.82. The van der Waals surface area contributed by atoms with Crippen LogP contribution in [-0.4, -0.2) is 11.8 Å². The molecule has 2 amide bonds. The molecule has 1 aromatic heterocycles. The number of rotatable bonds is 3. The number of hydrogen-bond acceptors (Lipinski definition) is 3. The van der Waals surface area contributed by atoms with Crippen LogP contribution in [0.4, 0.5) is 9.39 Å². The molecule has 0 fully saturated rings. The smallest absolute Gasteiger partial charge is 0.257 e. The van der Waals surface area contributed by atoms with Crippen molar-refractivity contribution in [3.8, 4) is 0 Å². The van der Waals surface area contributed by atoms with Gasteiger partial charge >= 0.3 is 0 Å². The molecule has 0 unspecified atom stereocenters. The van der Waals surface area contributed by atoms with Crippen LogP contribution in [0.5, 0.6) is 0 Å². The summed E-state index contributed by atoms with van der Waals surface area (Å²) in [5, 5.41) is 3.10. The fourth-order valence-electron chi connectivity index (χ4n) is 1.86. The van der Waals surface area contributed by atoms with Gasteiger partial charge in [0.25, 0.3) is 11.8 Å². The summed E-state index contributed by atoms with van der Waals surface area (Å²) in [5.41, 5.74) is 6.78. The molecule has 0 spiro atoms. The third-order valence-electron chi connectivity index (χ3n) is 3.03. The lowest BCUT2D eigenvalue weighted by Crippen LogP contribution is -2.18. The van der Waals surface area contributed by atoms with Gasteiger partial charge in [-0.1, -0.05) is 0 Å². The highest BCUT2D eigenvalue weighted by atomic mass is 127. The predicted octanol–water partition coefficient (Wildman–Crippen LogP) is 3.46. The molecule has 0 saturated heterocycles. The van der Waals surface area contributed by atoms with Crippen LogP contribution < -0.4 is 11.1 Å². The molecule has 4 nitrogen and oxygen atoms in total. The lowest BCUT2D eigenvalue weighted by Gasteiger charge is -2.07. The molecule has 0 aliphatic rings. The number of anilines is 1. The Morgan fingerprint density at radius 1 is 1.33 bits per heavy atom. The molecule has 0 aliphatic heterocycles. The third-order valence-corrected chi connectivity index (χ3v) is 5.05. The van der Waals surface area contributed by atoms with Gasteiger partial charge in [0.15, 0.2) is 0 Å². The van der Waals surface area contributed by atoms with E-state index in [0.717, 1.165) is 10.4 Å². The number of amides is 2. The van der Waals surface area contributed by atoms with Crippen LogP contribution >= 0.6 is 33.9 Å². The summed E-state index contributed by atoms with van der Waals surface area (Å²) in [5.74, 6) is -1.39. The number of primary amides is 1. The summed E-state index contributed by atoms with van der Waals surface area (Å²) in [4.78, 5) is 24.7. The van der Waals surface area contributed by atoms with Gasteiger partial charge in [-0.15, -0.1) is 11.3 Å². The molecule has 7 heteroatoms. The van der Waals surface area contributed by atoms with Gasteiger partial charge in [-0.2, -0.15) is 0 Å². The van der Waals surface area contributed by atoms with Crippen LogP contribution in [0.15, 0.2) is 18.2 Å². The number of carbonyl (C=O) groups is 2. The minimum atomic E-state index is -0.582. The van der Waals surface area contributed by atoms with Crippen molar-refractivity contribution in [3.05, 3.63) is 49.2 Å². The van der Waals surface area contributed by atoms with Crippen molar-refractivity contribution in [1.29, 1.82) is 0 Å². The van der Waals surface area contributed by atoms with Crippen molar-refractivity contribution < 1.29 is 14.0 Å². The zero-order chi connectivity index (χ0) is 15.7. The Hall–Kier alpha value is -1.48. The molecule has 1 heterocycles. The highest BCUT2D eigenvalue weighted by Crippen LogP contribution is 2.32. The number of nitrogens with two attached hydrogens (primary N) is 1. The van der Waals surface area contributed by atoms with Gasteiger partial charge in [-0.25, -0.2) is 4.39 Å². The van der Waals surface area contributed by atoms with E-state index in [-0.39, 0.29) is 0 Å². The largest absolute Gasteiger partial charge is 0.365 e. The summed E-state index contributed by atoms with van der Waals surface area (Å²) in [7, 11) is 0. The summed E-state index contributed by atoms with van der Waals surface area (Å²) in [6, 6.07) is 3.90. The molecule has 1 aromatic carbocycles. The van der Waals surface area contributed by atoms with Crippen molar-refractivity contribution in [2.24, 2.45) is 5.73 Å². The quantitative estimate of drug-likeness (QED) is 0.750. The van der Waals surface area contributed by atoms with Gasteiger partial charge in [0.1, 0.15) is 10.8 Å². The van der Waals surface area contributed by atoms with Crippen LogP contribution in [0.25, 0.3) is 0 Å². The topological polar surface area (TPSA) is 72.2 Å². The molecule has 2 rings (SSSR count). The van der Waals surface area contributed by atoms with E-state index in [0.29, 0.717) is 19.7 Å². The molecule has 0 atom stereocenters. The average molecular weight is 418 g/mol. The number of carbonyl (C=O) groups excluding carboxylic acids is 2. The minimum absolute atomic E-state index is 0.322. The van der Waals surface area contributed by atoms with Gasteiger partial charge in [0.05, 0.1) is 11.1 Å². The van der Waals surface area contributed by atoms with Crippen molar-refractivity contribution in [1.82, 2.24) is 0 Å². The Bertz CT molecular complexity index is 743. The van der Waals surface area contributed by atoms with Crippen LogP contribution in [0, 0.1) is 23.2 Å². The van der Waals surface area contributed by atoms with Crippen molar-refractivity contribution in [2.45, 2.75) is 13.8 Å². The van der Waals surface area contributed by atoms with E-state index < -0.39 is 17.6 Å². The number of aryl methyl sites for hydroxylation is 1. The second-order valence-electron chi connectivity index (χ2n) is 4.43. The molecule has 0 saturated carbocycles. The number of halogens is 2. The molecule has 110 valence electrons. The van der Waals surface area contributed by atoms with E-state index in [2.05, 4.69) is 5.32 Å². The molecule has 2 aromatic rings. The third kappa shape index (κ3) is 3.24. The standard InChI is InChI=1S/C14H12FIN2O2S/c1-6-7(2)21-14(11(6)12(17)19)18-13(20)9-4-3-8(15)5-10(9)16/h3-5H,1-2H3,(H2,17,19)(H,18,20). The van der Waals surface area contributed by atoms with Gasteiger partial charge < -0.3 is 11.1 Å². The predicted molar refractivity (Wildman–Crippen MR) is 89.4 cm³/mol. The molecular formula is C14H12FIN2O2S. The summed E-state index contributed by atoms with van der Waals surface area (Å²) >= 11 is 3.18. The lowest BCUT2D eigenvalue weighted by molar-refractivity contribution is 0.100. The Morgan fingerprint density at radius 3 is 2.57 bits per heavy atom. The van der Waals surface area contributed by atoms with Gasteiger partial charge in [-0.05, 0) is 60.2 Å². The maximum absolute atomic E-state index is 13.1. The van der Waals surface area contributed by atoms with Crippen LogP contribution in [0.2, 0.25) is 0 Å². The Balaban J connectivity index is 2.36. The first-order chi connectivity index (χ1) is 9.81. The van der Waals surface area contributed by atoms with E-state index in [1.807, 2.05) is 29.5 Å². The highest BCUT2D eigenvalue weighted by molar-refractivity contribution is 14.1. The SMILES string of the molecule is Cc1sc(NC(=O)c2ccc(F)cc2I)c(C(N)=O)c1C. The fourth-order valence-corrected chi connectivity index (χ4v) is 3.64. The minimum Gasteiger partial charge on any atom is -0.365 e. The molecule has 21 heavy (non-hydrogen) atoms. The van der Waals surface area contributed by atoms with E-state index in [9.17, 15) is 14.0 Å². The first-order valence-electron chi connectivity index (χ1n) is 5.97. The maximum Gasteiger partial charge on any atom is 0.257 e. The van der Waals surface area contributed by atoms with E-state index >= 15 is 0 Å². The van der Waals surface area contributed by atoms with Crippen molar-refractivity contribution >= 4 is 50.7 Å². The van der Waals surface area contributed by atoms with Gasteiger partial charge in [-0.3, -0.25) is 9.59 Å². The average Bonchev–Trinajstić information content (AvgIpc) is 2.64. The normalized spacial score (nSPS) is 10.5. The lowest BCUT2D eigenvalue weighted by atomic mass is 10.1. The van der Waals surface area contributed by atoms with Crippen LogP contribution in [0.3, 0.4) is 0 Å². The first kappa shape index (κ1) is 15.9. The number of benzene rings is 1. The fraction of sp³-hybridized carbons (Fsp3) is 0.143. The Labute approximate surface area is 138 Å². The summed E-state index contributed by atoms with van der Waals surface area (Å²) in [6.07, 6.45) is 0. The summed E-state index contributed by atoms with van der Waals surface area (Å²) < 4.78 is 13.6. The first-order valence-corrected chi connectivity index (χ1v) is 7.87. The highest BCUT2D eigenvalue weighted by Gasteiger charge is 2.20. The van der Waals surface area contributed by atoms with E-state index in [1.165, 1.54) is 29.5 Å². The van der Waals surface area contributed by atoms with Crippen LogP contribution in [-0.2, 0) is 0 Å². The van der Waals surface area contributed by atoms with E-state index in [4.69, 9.17) is 5.73 Å². The van der Waals surface area contributed by atoms with Crippen molar-refractivity contribution in [3.63, 3.8) is 0 Å². The Kier molecular flexibility index (Phi) is 4.62.